The Kier molecular flexibility index (Phi) is 8.77. The largest absolute Gasteiger partial charge is 0.472 e. The monoisotopic (exact) mass is 460 g/mol. The molecule has 1 aliphatic heterocycles. The summed E-state index contributed by atoms with van der Waals surface area (Å²) in [5.74, 6) is 0.881. The Morgan fingerprint density at radius 3 is 2.62 bits per heavy atom. The number of aliphatic imine (C=N–C) groups is 1. The van der Waals surface area contributed by atoms with Crippen molar-refractivity contribution in [3.05, 3.63) is 78.9 Å². The first-order valence-electron chi connectivity index (χ1n) is 11.8. The van der Waals surface area contributed by atoms with E-state index in [1.54, 1.807) is 6.20 Å². The zero-order valence-corrected chi connectivity index (χ0v) is 20.5. The standard InChI is InChI=1S/C28H36N4O2/c1-21(27(31-15-13-29)34-28(2,3)4)20-32-16-11-22(12-17-32)26(33)18-23-8-5-6-10-25(23)24-9-7-14-30-19-24/h5-10,13-15,19,22H,1,11-12,16-18,20,29H2,2-4H3/b15-13-,31-27?. The van der Waals surface area contributed by atoms with Gasteiger partial charge in [-0.3, -0.25) is 14.7 Å². The van der Waals surface area contributed by atoms with Gasteiger partial charge < -0.3 is 10.5 Å². The van der Waals surface area contributed by atoms with Crippen LogP contribution < -0.4 is 5.73 Å². The van der Waals surface area contributed by atoms with E-state index < -0.39 is 0 Å². The van der Waals surface area contributed by atoms with Crippen molar-refractivity contribution in [2.75, 3.05) is 19.6 Å². The SMILES string of the molecule is C=C(CN1CCC(C(=O)Cc2ccccc2-c2cccnc2)CC1)C(=N/C=C\N)OC(C)(C)C. The van der Waals surface area contributed by atoms with E-state index in [2.05, 4.69) is 27.5 Å². The molecule has 1 fully saturated rings. The van der Waals surface area contributed by atoms with Crippen molar-refractivity contribution >= 4 is 11.7 Å². The molecule has 0 saturated carbocycles. The molecule has 2 aromatic rings. The lowest BCUT2D eigenvalue weighted by atomic mass is 9.87. The van der Waals surface area contributed by atoms with Gasteiger partial charge in [0.1, 0.15) is 11.4 Å². The number of rotatable bonds is 8. The molecule has 0 aliphatic carbocycles. The number of benzene rings is 1. The second-order valence-electron chi connectivity index (χ2n) is 9.69. The second kappa shape index (κ2) is 11.7. The first-order chi connectivity index (χ1) is 16.3. The third kappa shape index (κ3) is 7.39. The van der Waals surface area contributed by atoms with Crippen LogP contribution in [0, 0.1) is 5.92 Å². The van der Waals surface area contributed by atoms with Crippen LogP contribution in [0.5, 0.6) is 0 Å². The number of aromatic nitrogens is 1. The van der Waals surface area contributed by atoms with Crippen molar-refractivity contribution in [3.8, 4) is 11.1 Å². The Labute approximate surface area is 203 Å². The van der Waals surface area contributed by atoms with Crippen LogP contribution in [0.1, 0.15) is 39.2 Å². The van der Waals surface area contributed by atoms with E-state index in [0.717, 1.165) is 48.2 Å². The molecular weight excluding hydrogens is 424 g/mol. The summed E-state index contributed by atoms with van der Waals surface area (Å²) in [5.41, 5.74) is 9.06. The fourth-order valence-electron chi connectivity index (χ4n) is 4.15. The van der Waals surface area contributed by atoms with Gasteiger partial charge in [-0.2, -0.15) is 0 Å². The molecule has 0 atom stereocenters. The Morgan fingerprint density at radius 1 is 1.24 bits per heavy atom. The smallest absolute Gasteiger partial charge is 0.217 e. The van der Waals surface area contributed by atoms with Crippen LogP contribution in [-0.4, -0.2) is 46.8 Å². The third-order valence-electron chi connectivity index (χ3n) is 5.80. The Hall–Kier alpha value is -3.25. The van der Waals surface area contributed by atoms with E-state index in [9.17, 15) is 4.79 Å². The minimum Gasteiger partial charge on any atom is -0.472 e. The van der Waals surface area contributed by atoms with Crippen LogP contribution in [0.15, 0.2) is 78.3 Å². The van der Waals surface area contributed by atoms with Gasteiger partial charge in [-0.05, 0) is 63.9 Å². The Balaban J connectivity index is 1.57. The van der Waals surface area contributed by atoms with Gasteiger partial charge in [0.25, 0.3) is 0 Å². The van der Waals surface area contributed by atoms with Crippen LogP contribution in [-0.2, 0) is 16.0 Å². The number of carbonyl (C=O) groups excluding carboxylic acids is 1. The predicted octanol–water partition coefficient (Wildman–Crippen LogP) is 4.77. The number of piperidine rings is 1. The van der Waals surface area contributed by atoms with Gasteiger partial charge >= 0.3 is 0 Å². The van der Waals surface area contributed by atoms with Crippen LogP contribution in [0.4, 0.5) is 0 Å². The molecule has 6 nitrogen and oxygen atoms in total. The Morgan fingerprint density at radius 2 is 1.97 bits per heavy atom. The first kappa shape index (κ1) is 25.4. The van der Waals surface area contributed by atoms with Crippen molar-refractivity contribution in [1.82, 2.24) is 9.88 Å². The number of nitrogens with zero attached hydrogens (tertiary/aromatic N) is 3. The summed E-state index contributed by atoms with van der Waals surface area (Å²) in [7, 11) is 0. The molecule has 34 heavy (non-hydrogen) atoms. The van der Waals surface area contributed by atoms with Crippen LogP contribution >= 0.6 is 0 Å². The van der Waals surface area contributed by atoms with Gasteiger partial charge in [0.05, 0.1) is 0 Å². The minimum atomic E-state index is -0.379. The zero-order chi connectivity index (χ0) is 24.6. The molecule has 0 bridgehead atoms. The number of nitrogens with two attached hydrogens (primary N) is 1. The Bertz CT molecular complexity index is 1030. The molecule has 1 aliphatic rings. The molecule has 180 valence electrons. The van der Waals surface area contributed by atoms with E-state index in [0.29, 0.717) is 24.6 Å². The number of carbonyl (C=O) groups is 1. The van der Waals surface area contributed by atoms with E-state index in [-0.39, 0.29) is 11.5 Å². The molecule has 0 amide bonds. The van der Waals surface area contributed by atoms with Crippen molar-refractivity contribution in [1.29, 1.82) is 0 Å². The van der Waals surface area contributed by atoms with Crippen molar-refractivity contribution in [3.63, 3.8) is 0 Å². The highest BCUT2D eigenvalue weighted by Crippen LogP contribution is 2.26. The van der Waals surface area contributed by atoms with Gasteiger partial charge in [-0.15, -0.1) is 0 Å². The molecule has 6 heteroatoms. The van der Waals surface area contributed by atoms with E-state index in [1.807, 2.05) is 57.3 Å². The molecule has 0 spiro atoms. The lowest BCUT2D eigenvalue weighted by Gasteiger charge is -2.32. The summed E-state index contributed by atoms with van der Waals surface area (Å²) >= 11 is 0. The molecule has 1 saturated heterocycles. The molecule has 2 N–H and O–H groups in total. The molecule has 2 heterocycles. The fraction of sp³-hybridized carbons (Fsp3) is 0.393. The average molecular weight is 461 g/mol. The number of hydrogen-bond donors (Lipinski definition) is 1. The van der Waals surface area contributed by atoms with Gasteiger partial charge in [-0.25, -0.2) is 4.99 Å². The molecule has 0 unspecified atom stereocenters. The highest BCUT2D eigenvalue weighted by atomic mass is 16.5. The van der Waals surface area contributed by atoms with E-state index >= 15 is 0 Å². The molecule has 1 aromatic heterocycles. The first-order valence-corrected chi connectivity index (χ1v) is 11.8. The van der Waals surface area contributed by atoms with Gasteiger partial charge in [-0.1, -0.05) is 36.9 Å². The molecule has 1 aromatic carbocycles. The summed E-state index contributed by atoms with van der Waals surface area (Å²) in [4.78, 5) is 24.0. The lowest BCUT2D eigenvalue weighted by Crippen LogP contribution is -2.39. The van der Waals surface area contributed by atoms with E-state index in [4.69, 9.17) is 10.5 Å². The second-order valence-corrected chi connectivity index (χ2v) is 9.69. The van der Waals surface area contributed by atoms with Gasteiger partial charge in [0, 0.05) is 54.8 Å². The summed E-state index contributed by atoms with van der Waals surface area (Å²) in [6, 6.07) is 12.1. The minimum absolute atomic E-state index is 0.0746. The zero-order valence-electron chi connectivity index (χ0n) is 20.5. The highest BCUT2D eigenvalue weighted by molar-refractivity contribution is 5.94. The van der Waals surface area contributed by atoms with Crippen molar-refractivity contribution in [2.24, 2.45) is 16.6 Å². The normalized spacial score (nSPS) is 16.0. The van der Waals surface area contributed by atoms with Crippen molar-refractivity contribution in [2.45, 2.75) is 45.6 Å². The summed E-state index contributed by atoms with van der Waals surface area (Å²) in [6.07, 6.45) is 8.64. The van der Waals surface area contributed by atoms with Gasteiger partial charge in [0.15, 0.2) is 0 Å². The molecule has 3 rings (SSSR count). The maximum absolute atomic E-state index is 13.2. The number of pyridine rings is 1. The average Bonchev–Trinajstić information content (AvgIpc) is 2.82. The quantitative estimate of drug-likeness (QED) is 0.453. The number of likely N-dealkylation sites (tertiary alicyclic amines) is 1. The molecular formula is C28H36N4O2. The van der Waals surface area contributed by atoms with E-state index in [1.165, 1.54) is 12.4 Å². The lowest BCUT2D eigenvalue weighted by molar-refractivity contribution is -0.123. The number of hydrogen-bond acceptors (Lipinski definition) is 6. The van der Waals surface area contributed by atoms with Crippen molar-refractivity contribution < 1.29 is 9.53 Å². The maximum Gasteiger partial charge on any atom is 0.217 e. The summed E-state index contributed by atoms with van der Waals surface area (Å²) in [5, 5.41) is 0. The summed E-state index contributed by atoms with van der Waals surface area (Å²) in [6.45, 7) is 12.5. The molecule has 0 radical (unpaired) electrons. The maximum atomic E-state index is 13.2. The summed E-state index contributed by atoms with van der Waals surface area (Å²) < 4.78 is 5.98. The topological polar surface area (TPSA) is 80.8 Å². The third-order valence-corrected chi connectivity index (χ3v) is 5.80. The highest BCUT2D eigenvalue weighted by Gasteiger charge is 2.27. The predicted molar refractivity (Wildman–Crippen MR) is 138 cm³/mol. The number of ketones is 1. The van der Waals surface area contributed by atoms with Crippen LogP contribution in [0.2, 0.25) is 0 Å². The number of Topliss-reactive ketones (excluding diaryl/α,β-unsaturated/α-hetero) is 1. The van der Waals surface area contributed by atoms with Gasteiger partial charge in [0.2, 0.25) is 5.90 Å². The van der Waals surface area contributed by atoms with Crippen LogP contribution in [0.3, 0.4) is 0 Å². The van der Waals surface area contributed by atoms with Crippen LogP contribution in [0.25, 0.3) is 11.1 Å². The fourth-order valence-corrected chi connectivity index (χ4v) is 4.15. The number of ether oxygens (including phenoxy) is 1.